The van der Waals surface area contributed by atoms with Crippen LogP contribution in [0.5, 0.6) is 0 Å². The fourth-order valence-electron chi connectivity index (χ4n) is 0.481. The number of hydrogen-bond donors (Lipinski definition) is 0. The van der Waals surface area contributed by atoms with Crippen LogP contribution in [0, 0.1) is 0 Å². The third-order valence-electron chi connectivity index (χ3n) is 0.873. The van der Waals surface area contributed by atoms with E-state index in [9.17, 15) is 4.79 Å². The van der Waals surface area contributed by atoms with Crippen molar-refractivity contribution in [2.45, 2.75) is 0 Å². The fraction of sp³-hybridized carbons (Fsp3) is 0. The summed E-state index contributed by atoms with van der Waals surface area (Å²) in [6.45, 7) is 0. The van der Waals surface area contributed by atoms with Gasteiger partial charge in [-0.3, -0.25) is 0 Å². The summed E-state index contributed by atoms with van der Waals surface area (Å²) in [5.41, 5.74) is 0.658. The molecular formula is C6H3INiO. The third kappa shape index (κ3) is 2.09. The molecule has 0 N–H and O–H groups in total. The molecule has 3 heteroatoms. The molecule has 1 aliphatic carbocycles. The van der Waals surface area contributed by atoms with E-state index in [1.807, 2.05) is 18.1 Å². The molecule has 0 heterocycles. The van der Waals surface area contributed by atoms with Crippen LogP contribution in [-0.2, 0) is 21.3 Å². The van der Waals surface area contributed by atoms with Crippen molar-refractivity contribution in [1.29, 1.82) is 0 Å². The van der Waals surface area contributed by atoms with Crippen LogP contribution in [0.1, 0.15) is 0 Å². The molecular weight excluding hydrogens is 274 g/mol. The summed E-state index contributed by atoms with van der Waals surface area (Å²) in [4.78, 5) is 9.96. The van der Waals surface area contributed by atoms with E-state index in [0.29, 0.717) is 5.57 Å². The first-order chi connectivity index (χ1) is 3.84. The monoisotopic (exact) mass is 276 g/mol. The van der Waals surface area contributed by atoms with Crippen molar-refractivity contribution in [2.75, 3.05) is 0 Å². The van der Waals surface area contributed by atoms with Crippen molar-refractivity contribution >= 4 is 28.5 Å². The summed E-state index contributed by atoms with van der Waals surface area (Å²) in [5, 5.41) is 0. The van der Waals surface area contributed by atoms with Crippen LogP contribution in [0.15, 0.2) is 27.4 Å². The molecule has 9 heavy (non-hydrogen) atoms. The molecule has 0 bridgehead atoms. The SMILES string of the molecule is O=C=C1C=CC=C1I.[Ni]. The zero-order valence-electron chi connectivity index (χ0n) is 4.33. The van der Waals surface area contributed by atoms with Gasteiger partial charge in [-0.1, -0.05) is 6.08 Å². The predicted molar refractivity (Wildman–Crippen MR) is 40.4 cm³/mol. The summed E-state index contributed by atoms with van der Waals surface area (Å²) < 4.78 is 0.970. The Morgan fingerprint density at radius 1 is 1.56 bits per heavy atom. The summed E-state index contributed by atoms with van der Waals surface area (Å²) in [5.74, 6) is 1.82. The molecule has 0 radical (unpaired) electrons. The van der Waals surface area contributed by atoms with Crippen LogP contribution < -0.4 is 0 Å². The van der Waals surface area contributed by atoms with E-state index in [4.69, 9.17) is 0 Å². The Kier molecular flexibility index (Phi) is 4.12. The minimum atomic E-state index is 0. The molecule has 0 aromatic heterocycles. The van der Waals surface area contributed by atoms with E-state index in [2.05, 4.69) is 22.6 Å². The van der Waals surface area contributed by atoms with Crippen LogP contribution in [0.2, 0.25) is 0 Å². The molecule has 1 nitrogen and oxygen atoms in total. The van der Waals surface area contributed by atoms with Crippen molar-refractivity contribution in [1.82, 2.24) is 0 Å². The molecule has 1 aliphatic rings. The van der Waals surface area contributed by atoms with Crippen molar-refractivity contribution in [3.8, 4) is 0 Å². The molecule has 0 aliphatic heterocycles. The van der Waals surface area contributed by atoms with Gasteiger partial charge in [0.1, 0.15) is 5.94 Å². The first-order valence-corrected chi connectivity index (χ1v) is 3.22. The quantitative estimate of drug-likeness (QED) is 0.373. The molecule has 50 valence electrons. The van der Waals surface area contributed by atoms with Gasteiger partial charge in [0, 0.05) is 20.1 Å². The normalized spacial score (nSPS) is 14.3. The maximum absolute atomic E-state index is 9.96. The van der Waals surface area contributed by atoms with Crippen molar-refractivity contribution < 1.29 is 21.3 Å². The van der Waals surface area contributed by atoms with Gasteiger partial charge < -0.3 is 0 Å². The fourth-order valence-corrected chi connectivity index (χ4v) is 0.978. The van der Waals surface area contributed by atoms with Crippen molar-refractivity contribution in [3.63, 3.8) is 0 Å². The average Bonchev–Trinajstić information content (AvgIpc) is 2.14. The van der Waals surface area contributed by atoms with Gasteiger partial charge in [-0.15, -0.1) is 0 Å². The molecule has 0 fully saturated rings. The van der Waals surface area contributed by atoms with Crippen molar-refractivity contribution in [2.24, 2.45) is 0 Å². The van der Waals surface area contributed by atoms with E-state index in [0.717, 1.165) is 3.58 Å². The Hall–Kier alpha value is 0.154. The minimum absolute atomic E-state index is 0. The number of hydrogen-bond acceptors (Lipinski definition) is 1. The maximum atomic E-state index is 9.96. The van der Waals surface area contributed by atoms with Crippen LogP contribution in [0.25, 0.3) is 0 Å². The van der Waals surface area contributed by atoms with E-state index in [1.165, 1.54) is 0 Å². The standard InChI is InChI=1S/C6H3IO.Ni/c7-6-3-1-2-5(6)4-8;/h1-3H;. The van der Waals surface area contributed by atoms with Gasteiger partial charge in [0.2, 0.25) is 0 Å². The van der Waals surface area contributed by atoms with Gasteiger partial charge in [-0.05, 0) is 34.7 Å². The number of allylic oxidation sites excluding steroid dienone is 5. The number of rotatable bonds is 0. The summed E-state index contributed by atoms with van der Waals surface area (Å²) in [6, 6.07) is 0. The van der Waals surface area contributed by atoms with Crippen molar-refractivity contribution in [3.05, 3.63) is 27.4 Å². The zero-order valence-corrected chi connectivity index (χ0v) is 7.48. The van der Waals surface area contributed by atoms with Crippen LogP contribution in [0.4, 0.5) is 0 Å². The second-order valence-electron chi connectivity index (χ2n) is 1.39. The smallest absolute Gasteiger partial charge is 0.133 e. The minimum Gasteiger partial charge on any atom is -0.233 e. The third-order valence-corrected chi connectivity index (χ3v) is 1.81. The van der Waals surface area contributed by atoms with Crippen LogP contribution in [-0.4, -0.2) is 5.94 Å². The van der Waals surface area contributed by atoms with E-state index in [1.54, 1.807) is 6.08 Å². The molecule has 0 aromatic rings. The largest absolute Gasteiger partial charge is 0.233 e. The van der Waals surface area contributed by atoms with E-state index in [-0.39, 0.29) is 16.5 Å². The van der Waals surface area contributed by atoms with Gasteiger partial charge in [0.15, 0.2) is 0 Å². The van der Waals surface area contributed by atoms with E-state index >= 15 is 0 Å². The first kappa shape index (κ1) is 9.15. The van der Waals surface area contributed by atoms with Gasteiger partial charge in [-0.25, -0.2) is 4.79 Å². The molecule has 0 aromatic carbocycles. The second kappa shape index (κ2) is 4.05. The number of carbonyl (C=O) groups excluding carboxylic acids is 1. The molecule has 0 saturated heterocycles. The Balaban J connectivity index is 0.000000640. The Labute approximate surface area is 77.0 Å². The topological polar surface area (TPSA) is 17.1 Å². The van der Waals surface area contributed by atoms with E-state index < -0.39 is 0 Å². The van der Waals surface area contributed by atoms with Gasteiger partial charge in [-0.2, -0.15) is 0 Å². The molecule has 0 saturated carbocycles. The Morgan fingerprint density at radius 3 is 2.44 bits per heavy atom. The maximum Gasteiger partial charge on any atom is 0.133 e. The predicted octanol–water partition coefficient (Wildman–Crippen LogP) is 1.63. The second-order valence-corrected chi connectivity index (χ2v) is 2.55. The molecule has 0 atom stereocenters. The van der Waals surface area contributed by atoms with Gasteiger partial charge >= 0.3 is 0 Å². The molecule has 0 amide bonds. The first-order valence-electron chi connectivity index (χ1n) is 2.14. The summed E-state index contributed by atoms with van der Waals surface area (Å²) in [7, 11) is 0. The summed E-state index contributed by atoms with van der Waals surface area (Å²) >= 11 is 2.09. The number of halogens is 1. The summed E-state index contributed by atoms with van der Waals surface area (Å²) in [6.07, 6.45) is 5.46. The zero-order chi connectivity index (χ0) is 5.98. The Morgan fingerprint density at radius 2 is 2.22 bits per heavy atom. The van der Waals surface area contributed by atoms with Crippen LogP contribution >= 0.6 is 22.6 Å². The molecule has 0 unspecified atom stereocenters. The molecule has 1 rings (SSSR count). The average molecular weight is 277 g/mol. The van der Waals surface area contributed by atoms with Gasteiger partial charge in [0.25, 0.3) is 0 Å². The van der Waals surface area contributed by atoms with Gasteiger partial charge in [0.05, 0.1) is 5.57 Å². The van der Waals surface area contributed by atoms with Crippen LogP contribution in [0.3, 0.4) is 0 Å². The Bertz CT molecular complexity index is 211. The molecule has 0 spiro atoms.